The third-order valence-corrected chi connectivity index (χ3v) is 4.66. The van der Waals surface area contributed by atoms with E-state index in [9.17, 15) is 9.59 Å². The molecule has 2 aromatic rings. The molecule has 0 unspecified atom stereocenters. The highest BCUT2D eigenvalue weighted by Crippen LogP contribution is 2.27. The van der Waals surface area contributed by atoms with Gasteiger partial charge in [0.05, 0.1) is 6.61 Å². The number of anilines is 1. The molecule has 1 aliphatic heterocycles. The fraction of sp³-hybridized carbons (Fsp3) is 0.688. The summed E-state index contributed by atoms with van der Waals surface area (Å²) in [5, 5.41) is 0. The summed E-state index contributed by atoms with van der Waals surface area (Å²) in [4.78, 5) is 33.5. The molecule has 0 radical (unpaired) electrons. The van der Waals surface area contributed by atoms with E-state index in [1.807, 2.05) is 4.57 Å². The minimum Gasteiger partial charge on any atom is -0.383 e. The summed E-state index contributed by atoms with van der Waals surface area (Å²) in [6.07, 6.45) is 1.19. The van der Waals surface area contributed by atoms with Crippen LogP contribution in [0.3, 0.4) is 0 Å². The molecule has 1 N–H and O–H groups in total. The number of nitrogens with one attached hydrogen (secondary N) is 1. The van der Waals surface area contributed by atoms with Crippen LogP contribution in [0.2, 0.25) is 0 Å². The van der Waals surface area contributed by atoms with Gasteiger partial charge in [-0.2, -0.15) is 4.98 Å². The molecule has 2 atom stereocenters. The molecule has 24 heavy (non-hydrogen) atoms. The lowest BCUT2D eigenvalue weighted by Crippen LogP contribution is -2.40. The van der Waals surface area contributed by atoms with Gasteiger partial charge in [-0.25, -0.2) is 4.79 Å². The van der Waals surface area contributed by atoms with E-state index in [1.165, 1.54) is 11.0 Å². The second-order valence-corrected chi connectivity index (χ2v) is 6.90. The summed E-state index contributed by atoms with van der Waals surface area (Å²) in [6, 6.07) is 0. The van der Waals surface area contributed by atoms with Gasteiger partial charge in [-0.3, -0.25) is 14.3 Å². The van der Waals surface area contributed by atoms with Crippen LogP contribution < -0.4 is 16.1 Å². The van der Waals surface area contributed by atoms with Crippen molar-refractivity contribution in [2.45, 2.75) is 26.8 Å². The number of fused-ring (bicyclic) bond motifs is 1. The van der Waals surface area contributed by atoms with Gasteiger partial charge < -0.3 is 14.2 Å². The number of methoxy groups -OCH3 is 1. The van der Waals surface area contributed by atoms with Crippen LogP contribution in [0, 0.1) is 11.8 Å². The zero-order chi connectivity index (χ0) is 17.4. The Labute approximate surface area is 140 Å². The van der Waals surface area contributed by atoms with Crippen molar-refractivity contribution in [3.05, 3.63) is 20.8 Å². The quantitative estimate of drug-likeness (QED) is 0.882. The standard InChI is InChI=1S/C16H25N5O3/c1-10-7-11(2)9-20(8-10)15-17-13-12(21(15)5-6-24-4)14(22)18-16(23)19(13)3/h10-11H,5-9H2,1-4H3,(H,18,22,23)/t10-,11-/m1/s1. The number of hydrogen-bond acceptors (Lipinski definition) is 5. The third kappa shape index (κ3) is 2.86. The van der Waals surface area contributed by atoms with Gasteiger partial charge in [0.15, 0.2) is 11.2 Å². The predicted octanol–water partition coefficient (Wildman–Crippen LogP) is 0.552. The lowest BCUT2D eigenvalue weighted by Gasteiger charge is -2.35. The van der Waals surface area contributed by atoms with Gasteiger partial charge in [0.25, 0.3) is 5.56 Å². The van der Waals surface area contributed by atoms with Gasteiger partial charge in [-0.1, -0.05) is 13.8 Å². The highest BCUT2D eigenvalue weighted by atomic mass is 16.5. The summed E-state index contributed by atoms with van der Waals surface area (Å²) in [6.45, 7) is 7.24. The van der Waals surface area contributed by atoms with Gasteiger partial charge in [-0.05, 0) is 18.3 Å². The predicted molar refractivity (Wildman–Crippen MR) is 92.6 cm³/mol. The number of rotatable bonds is 4. The van der Waals surface area contributed by atoms with Crippen molar-refractivity contribution in [2.75, 3.05) is 31.7 Å². The first kappa shape index (κ1) is 16.8. The first-order valence-corrected chi connectivity index (χ1v) is 8.35. The minimum absolute atomic E-state index is 0.402. The summed E-state index contributed by atoms with van der Waals surface area (Å²) < 4.78 is 8.46. The van der Waals surface area contributed by atoms with Crippen LogP contribution in [-0.4, -0.2) is 45.9 Å². The van der Waals surface area contributed by atoms with E-state index >= 15 is 0 Å². The molecule has 1 fully saturated rings. The van der Waals surface area contributed by atoms with Crippen molar-refractivity contribution >= 4 is 17.1 Å². The Balaban J connectivity index is 2.19. The van der Waals surface area contributed by atoms with E-state index in [-0.39, 0.29) is 0 Å². The molecule has 3 heterocycles. The zero-order valence-corrected chi connectivity index (χ0v) is 14.7. The summed E-state index contributed by atoms with van der Waals surface area (Å²) in [5.74, 6) is 1.87. The molecule has 2 aromatic heterocycles. The Morgan fingerprint density at radius 1 is 1.25 bits per heavy atom. The molecule has 1 saturated heterocycles. The van der Waals surface area contributed by atoms with Crippen molar-refractivity contribution in [3.63, 3.8) is 0 Å². The van der Waals surface area contributed by atoms with Gasteiger partial charge >= 0.3 is 5.69 Å². The molecule has 0 aliphatic carbocycles. The van der Waals surface area contributed by atoms with Crippen LogP contribution >= 0.6 is 0 Å². The Morgan fingerprint density at radius 2 is 1.92 bits per heavy atom. The van der Waals surface area contributed by atoms with Crippen molar-refractivity contribution < 1.29 is 4.74 Å². The van der Waals surface area contributed by atoms with Crippen LogP contribution in [0.15, 0.2) is 9.59 Å². The van der Waals surface area contributed by atoms with Crippen LogP contribution in [0.4, 0.5) is 5.95 Å². The first-order chi connectivity index (χ1) is 11.4. The zero-order valence-electron chi connectivity index (χ0n) is 14.7. The maximum Gasteiger partial charge on any atom is 0.329 e. The molecule has 0 amide bonds. The summed E-state index contributed by atoms with van der Waals surface area (Å²) >= 11 is 0. The Hall–Kier alpha value is -2.09. The molecule has 1 aliphatic rings. The van der Waals surface area contributed by atoms with E-state index < -0.39 is 11.2 Å². The lowest BCUT2D eigenvalue weighted by molar-refractivity contribution is 0.188. The van der Waals surface area contributed by atoms with Gasteiger partial charge in [0.1, 0.15) is 0 Å². The van der Waals surface area contributed by atoms with E-state index in [4.69, 9.17) is 4.74 Å². The lowest BCUT2D eigenvalue weighted by atomic mass is 9.92. The van der Waals surface area contributed by atoms with E-state index in [0.717, 1.165) is 19.0 Å². The highest BCUT2D eigenvalue weighted by Gasteiger charge is 2.27. The summed E-state index contributed by atoms with van der Waals surface area (Å²) in [7, 11) is 3.25. The average molecular weight is 335 g/mol. The minimum atomic E-state index is -0.448. The Kier molecular flexibility index (Phi) is 4.49. The number of nitrogens with zero attached hydrogens (tertiary/aromatic N) is 4. The molecule has 8 nitrogen and oxygen atoms in total. The van der Waals surface area contributed by atoms with Crippen LogP contribution in [0.25, 0.3) is 11.2 Å². The van der Waals surface area contributed by atoms with Gasteiger partial charge in [0.2, 0.25) is 5.95 Å². The van der Waals surface area contributed by atoms with Crippen molar-refractivity contribution in [1.29, 1.82) is 0 Å². The molecular formula is C16H25N5O3. The normalized spacial score (nSPS) is 21.6. The van der Waals surface area contributed by atoms with Crippen molar-refractivity contribution in [2.24, 2.45) is 18.9 Å². The number of aromatic nitrogens is 4. The largest absolute Gasteiger partial charge is 0.383 e. The SMILES string of the molecule is COCCn1c(N2C[C@H](C)C[C@@H](C)C2)nc2c1c(=O)[nH]c(=O)n2C. The monoisotopic (exact) mass is 335 g/mol. The average Bonchev–Trinajstić information content (AvgIpc) is 2.90. The summed E-state index contributed by atoms with van der Waals surface area (Å²) in [5.41, 5.74) is -0.00681. The van der Waals surface area contributed by atoms with Crippen LogP contribution in [-0.2, 0) is 18.3 Å². The Morgan fingerprint density at radius 3 is 2.54 bits per heavy atom. The molecule has 0 bridgehead atoms. The van der Waals surface area contributed by atoms with Gasteiger partial charge in [-0.15, -0.1) is 0 Å². The number of imidazole rings is 1. The molecule has 0 saturated carbocycles. The number of ether oxygens (including phenoxy) is 1. The topological polar surface area (TPSA) is 85.2 Å². The van der Waals surface area contributed by atoms with Gasteiger partial charge in [0, 0.05) is 33.8 Å². The second kappa shape index (κ2) is 6.43. The number of H-pyrrole nitrogens is 1. The van der Waals surface area contributed by atoms with Crippen LogP contribution in [0.5, 0.6) is 0 Å². The fourth-order valence-corrected chi connectivity index (χ4v) is 3.69. The number of aryl methyl sites for hydroxylation is 1. The van der Waals surface area contributed by atoms with Crippen molar-refractivity contribution in [3.8, 4) is 0 Å². The molecular weight excluding hydrogens is 310 g/mol. The maximum atomic E-state index is 12.4. The van der Waals surface area contributed by atoms with Crippen molar-refractivity contribution in [1.82, 2.24) is 19.1 Å². The Bertz CT molecular complexity index is 840. The molecule has 0 aromatic carbocycles. The molecule has 3 rings (SSSR count). The maximum absolute atomic E-state index is 12.4. The molecule has 8 heteroatoms. The van der Waals surface area contributed by atoms with E-state index in [0.29, 0.717) is 36.2 Å². The smallest absolute Gasteiger partial charge is 0.329 e. The fourth-order valence-electron chi connectivity index (χ4n) is 3.69. The van der Waals surface area contributed by atoms with Crippen LogP contribution in [0.1, 0.15) is 20.3 Å². The third-order valence-electron chi connectivity index (χ3n) is 4.66. The highest BCUT2D eigenvalue weighted by molar-refractivity contribution is 5.74. The van der Waals surface area contributed by atoms with E-state index in [2.05, 4.69) is 28.7 Å². The van der Waals surface area contributed by atoms with E-state index in [1.54, 1.807) is 14.2 Å². The number of aromatic amines is 1. The second-order valence-electron chi connectivity index (χ2n) is 6.90. The number of piperidine rings is 1. The number of hydrogen-bond donors (Lipinski definition) is 1. The molecule has 132 valence electrons. The molecule has 0 spiro atoms. The first-order valence-electron chi connectivity index (χ1n) is 8.35.